The van der Waals surface area contributed by atoms with E-state index in [0.29, 0.717) is 12.8 Å². The highest BCUT2D eigenvalue weighted by molar-refractivity contribution is 6.36. The number of Topliss-reactive ketones (excluding diaryl/α,β-unsaturated/α-hetero) is 4. The minimum Gasteiger partial charge on any atom is -0.469 e. The van der Waals surface area contributed by atoms with Crippen LogP contribution in [0.25, 0.3) is 0 Å². The van der Waals surface area contributed by atoms with E-state index in [1.54, 1.807) is 0 Å². The maximum Gasteiger partial charge on any atom is 0.304 e. The van der Waals surface area contributed by atoms with Crippen molar-refractivity contribution in [2.75, 3.05) is 0 Å². The van der Waals surface area contributed by atoms with Gasteiger partial charge in [0.2, 0.25) is 45.9 Å². The van der Waals surface area contributed by atoms with Gasteiger partial charge in [-0.3, -0.25) is 28.8 Å². The van der Waals surface area contributed by atoms with Crippen molar-refractivity contribution >= 4 is 35.1 Å². The van der Waals surface area contributed by atoms with Gasteiger partial charge in [0.15, 0.2) is 0 Å². The molecule has 2 fully saturated rings. The highest BCUT2D eigenvalue weighted by Crippen LogP contribution is 2.52. The molecular weight excluding hydrogens is 600 g/mol. The molecule has 2 saturated heterocycles. The first-order valence-corrected chi connectivity index (χ1v) is 15.7. The van der Waals surface area contributed by atoms with Crippen molar-refractivity contribution in [1.29, 1.82) is 0 Å². The van der Waals surface area contributed by atoms with E-state index in [-0.39, 0.29) is 58.5 Å². The molecule has 0 N–H and O–H groups in total. The Kier molecular flexibility index (Phi) is 7.55. The Morgan fingerprint density at radius 3 is 1.37 bits per heavy atom. The van der Waals surface area contributed by atoms with Gasteiger partial charge in [0, 0.05) is 50.7 Å². The number of ether oxygens (including phenoxy) is 6. The normalized spacial score (nSPS) is 37.6. The monoisotopic (exact) mass is 638 g/mol. The summed E-state index contributed by atoms with van der Waals surface area (Å²) < 4.78 is 35.4. The van der Waals surface area contributed by atoms with E-state index in [1.807, 2.05) is 13.8 Å². The van der Waals surface area contributed by atoms with Gasteiger partial charge in [-0.25, -0.2) is 0 Å². The lowest BCUT2D eigenvalue weighted by Crippen LogP contribution is -2.58. The van der Waals surface area contributed by atoms with Crippen molar-refractivity contribution in [3.8, 4) is 0 Å². The zero-order chi connectivity index (χ0) is 33.4. The lowest BCUT2D eigenvalue weighted by Gasteiger charge is -2.47. The third kappa shape index (κ3) is 4.88. The van der Waals surface area contributed by atoms with Crippen molar-refractivity contribution < 1.29 is 57.2 Å². The highest BCUT2D eigenvalue weighted by Gasteiger charge is 2.61. The Hall–Kier alpha value is -3.90. The Balaban J connectivity index is 1.65. The number of hydrogen-bond acceptors (Lipinski definition) is 12. The fourth-order valence-electron chi connectivity index (χ4n) is 7.60. The van der Waals surface area contributed by atoms with Crippen molar-refractivity contribution in [3.63, 3.8) is 0 Å². The summed E-state index contributed by atoms with van der Waals surface area (Å²) >= 11 is 0. The number of hydrogen-bond donors (Lipinski definition) is 0. The largest absolute Gasteiger partial charge is 0.469 e. The molecule has 12 heteroatoms. The minimum atomic E-state index is -2.36. The van der Waals surface area contributed by atoms with Gasteiger partial charge in [-0.15, -0.1) is 0 Å². The van der Waals surface area contributed by atoms with E-state index in [9.17, 15) is 28.8 Å². The van der Waals surface area contributed by atoms with Gasteiger partial charge >= 0.3 is 11.9 Å². The summed E-state index contributed by atoms with van der Waals surface area (Å²) in [5.74, 6) is -7.79. The number of rotatable bonds is 3. The predicted molar refractivity (Wildman–Crippen MR) is 156 cm³/mol. The van der Waals surface area contributed by atoms with Crippen LogP contribution in [0, 0.1) is 0 Å². The molecule has 4 aliphatic heterocycles. The van der Waals surface area contributed by atoms with Gasteiger partial charge in [-0.1, -0.05) is 0 Å². The van der Waals surface area contributed by atoms with Gasteiger partial charge in [0.1, 0.15) is 0 Å². The molecule has 46 heavy (non-hydrogen) atoms. The van der Waals surface area contributed by atoms with Crippen LogP contribution in [0.3, 0.4) is 0 Å². The van der Waals surface area contributed by atoms with Gasteiger partial charge in [0.25, 0.3) is 0 Å². The molecule has 0 aromatic rings. The van der Waals surface area contributed by atoms with Crippen LogP contribution in [0.2, 0.25) is 0 Å². The SMILES string of the molecule is CC(=O)OC1(C)C(=O)C2=COC3(CCCC(C)O3)CC2=C(C2=C3CC4(CCCC(C)O4)OC=C3C(=O)C(C)(OC(C)=O)C2=O)C1=O. The number of fused-ring (bicyclic) bond motifs is 2. The van der Waals surface area contributed by atoms with Crippen LogP contribution in [-0.4, -0.2) is 70.1 Å². The highest BCUT2D eigenvalue weighted by atomic mass is 16.7. The molecule has 246 valence electrons. The smallest absolute Gasteiger partial charge is 0.304 e. The maximum absolute atomic E-state index is 14.7. The molecule has 0 bridgehead atoms. The summed E-state index contributed by atoms with van der Waals surface area (Å²) in [6.45, 7) is 8.26. The molecule has 2 spiro atoms. The lowest BCUT2D eigenvalue weighted by molar-refractivity contribution is -0.255. The fourth-order valence-corrected chi connectivity index (χ4v) is 7.60. The Labute approximate surface area is 266 Å². The number of carbonyl (C=O) groups excluding carboxylic acids is 6. The molecule has 6 rings (SSSR count). The van der Waals surface area contributed by atoms with E-state index in [0.717, 1.165) is 39.5 Å². The Morgan fingerprint density at radius 2 is 1.04 bits per heavy atom. The summed E-state index contributed by atoms with van der Waals surface area (Å²) in [7, 11) is 0. The Morgan fingerprint density at radius 1 is 0.674 bits per heavy atom. The van der Waals surface area contributed by atoms with E-state index in [2.05, 4.69) is 0 Å². The molecule has 0 aromatic heterocycles. The topological polar surface area (TPSA) is 158 Å². The van der Waals surface area contributed by atoms with Crippen LogP contribution in [-0.2, 0) is 57.2 Å². The summed E-state index contributed by atoms with van der Waals surface area (Å²) in [4.78, 5) is 81.9. The molecule has 0 saturated carbocycles. The minimum absolute atomic E-state index is 0.0624. The summed E-state index contributed by atoms with van der Waals surface area (Å²) in [5.41, 5.74) is -4.98. The van der Waals surface area contributed by atoms with Crippen LogP contribution in [0.1, 0.15) is 92.9 Å². The number of carbonyl (C=O) groups is 6. The quantitative estimate of drug-likeness (QED) is 0.327. The first-order chi connectivity index (χ1) is 21.5. The second kappa shape index (κ2) is 10.8. The zero-order valence-corrected chi connectivity index (χ0v) is 26.9. The van der Waals surface area contributed by atoms with Gasteiger partial charge in [-0.2, -0.15) is 0 Å². The van der Waals surface area contributed by atoms with E-state index >= 15 is 0 Å². The second-order valence-corrected chi connectivity index (χ2v) is 13.4. The summed E-state index contributed by atoms with van der Waals surface area (Å²) in [6.07, 6.45) is 5.81. The standard InChI is InChI=1S/C34H38O12/c1-17-9-7-11-33(43-17)13-21-23(15-41-33)27(37)31(5,45-19(3)35)29(39)25(21)26-22-14-34(12-8-10-18(2)44-34)42-16-24(22)28(38)32(6,30(26)40)46-20(4)36/h15-18H,7-14H2,1-6H3. The third-order valence-corrected chi connectivity index (χ3v) is 9.72. The molecule has 6 atom stereocenters. The van der Waals surface area contributed by atoms with Crippen LogP contribution in [0.15, 0.2) is 46.0 Å². The third-order valence-electron chi connectivity index (χ3n) is 9.72. The molecule has 6 aliphatic rings. The van der Waals surface area contributed by atoms with Crippen LogP contribution < -0.4 is 0 Å². The molecule has 2 aliphatic carbocycles. The van der Waals surface area contributed by atoms with Crippen LogP contribution >= 0.6 is 0 Å². The van der Waals surface area contributed by atoms with E-state index < -0.39 is 57.8 Å². The summed E-state index contributed by atoms with van der Waals surface area (Å²) in [6, 6.07) is 0. The predicted octanol–water partition coefficient (Wildman–Crippen LogP) is 3.71. The van der Waals surface area contributed by atoms with Crippen molar-refractivity contribution in [2.24, 2.45) is 0 Å². The van der Waals surface area contributed by atoms with Crippen molar-refractivity contribution in [2.45, 2.75) is 128 Å². The van der Waals surface area contributed by atoms with Gasteiger partial charge in [-0.05, 0) is 64.5 Å². The van der Waals surface area contributed by atoms with Crippen LogP contribution in [0.4, 0.5) is 0 Å². The average molecular weight is 639 g/mol. The molecule has 12 nitrogen and oxygen atoms in total. The lowest BCUT2D eigenvalue weighted by atomic mass is 9.65. The first-order valence-electron chi connectivity index (χ1n) is 15.7. The fraction of sp³-hybridized carbons (Fsp3) is 0.588. The Bertz CT molecular complexity index is 1490. The molecule has 0 radical (unpaired) electrons. The van der Waals surface area contributed by atoms with Gasteiger partial charge in [0.05, 0.1) is 35.9 Å². The summed E-state index contributed by atoms with van der Waals surface area (Å²) in [5, 5.41) is 0. The van der Waals surface area contributed by atoms with E-state index in [1.165, 1.54) is 26.4 Å². The van der Waals surface area contributed by atoms with Gasteiger partial charge < -0.3 is 28.4 Å². The molecule has 0 aromatic carbocycles. The molecule has 0 amide bonds. The number of esters is 2. The van der Waals surface area contributed by atoms with Crippen molar-refractivity contribution in [3.05, 3.63) is 46.0 Å². The molecule has 6 unspecified atom stereocenters. The zero-order valence-electron chi connectivity index (χ0n) is 26.9. The second-order valence-electron chi connectivity index (χ2n) is 13.4. The maximum atomic E-state index is 14.7. The molecule has 4 heterocycles. The average Bonchev–Trinajstić information content (AvgIpc) is 2.96. The number of ketones is 4. The van der Waals surface area contributed by atoms with Crippen molar-refractivity contribution in [1.82, 2.24) is 0 Å². The first kappa shape index (κ1) is 32.1. The molecular formula is C34H38O12. The van der Waals surface area contributed by atoms with E-state index in [4.69, 9.17) is 28.4 Å². The van der Waals surface area contributed by atoms with Crippen LogP contribution in [0.5, 0.6) is 0 Å².